The van der Waals surface area contributed by atoms with Gasteiger partial charge < -0.3 is 19.7 Å². The topological polar surface area (TPSA) is 63.7 Å². The summed E-state index contributed by atoms with van der Waals surface area (Å²) < 4.78 is 24.9. The van der Waals surface area contributed by atoms with E-state index >= 15 is 0 Å². The maximum Gasteiger partial charge on any atom is 0.322 e. The molecule has 0 unspecified atom stereocenters. The van der Waals surface area contributed by atoms with Crippen LogP contribution in [0, 0.1) is 5.82 Å². The molecule has 0 saturated heterocycles. The van der Waals surface area contributed by atoms with Crippen molar-refractivity contribution in [2.24, 2.45) is 0 Å². The van der Waals surface area contributed by atoms with Crippen LogP contribution in [0.25, 0.3) is 0 Å². The highest BCUT2D eigenvalue weighted by atomic mass is 19.1. The molecular weight excluding hydrogens is 373 g/mol. The molecule has 29 heavy (non-hydrogen) atoms. The van der Waals surface area contributed by atoms with Crippen molar-refractivity contribution in [1.82, 2.24) is 9.88 Å². The van der Waals surface area contributed by atoms with Gasteiger partial charge >= 0.3 is 6.03 Å². The molecule has 148 valence electrons. The van der Waals surface area contributed by atoms with Gasteiger partial charge in [0.25, 0.3) is 0 Å². The average Bonchev–Trinajstić information content (AvgIpc) is 2.74. The number of carbonyl (C=O) groups excluding carboxylic acids is 1. The van der Waals surface area contributed by atoms with Crippen molar-refractivity contribution in [3.63, 3.8) is 0 Å². The van der Waals surface area contributed by atoms with Crippen molar-refractivity contribution >= 4 is 11.7 Å². The number of pyridine rings is 1. The summed E-state index contributed by atoms with van der Waals surface area (Å²) in [4.78, 5) is 18.8. The summed E-state index contributed by atoms with van der Waals surface area (Å²) in [6.45, 7) is 0.965. The van der Waals surface area contributed by atoms with Gasteiger partial charge in [0.2, 0.25) is 0 Å². The molecule has 2 amide bonds. The normalized spacial score (nSPS) is 13.4. The minimum absolute atomic E-state index is 0.360. The van der Waals surface area contributed by atoms with Crippen LogP contribution in [0.1, 0.15) is 17.3 Å². The maximum atomic E-state index is 13.8. The van der Waals surface area contributed by atoms with Crippen LogP contribution in [0.5, 0.6) is 11.5 Å². The number of anilines is 1. The number of nitrogens with one attached hydrogen (secondary N) is 1. The zero-order valence-electron chi connectivity index (χ0n) is 15.8. The quantitative estimate of drug-likeness (QED) is 0.720. The lowest BCUT2D eigenvalue weighted by Gasteiger charge is -2.28. The van der Waals surface area contributed by atoms with E-state index in [9.17, 15) is 9.18 Å². The summed E-state index contributed by atoms with van der Waals surface area (Å²) in [5.41, 5.74) is 1.84. The van der Waals surface area contributed by atoms with Gasteiger partial charge in [0.15, 0.2) is 11.5 Å². The number of urea groups is 1. The van der Waals surface area contributed by atoms with Crippen LogP contribution in [0.3, 0.4) is 0 Å². The number of halogens is 1. The molecule has 0 saturated carbocycles. The monoisotopic (exact) mass is 393 g/mol. The molecule has 0 bridgehead atoms. The Hall–Kier alpha value is -3.61. The van der Waals surface area contributed by atoms with Gasteiger partial charge in [0.05, 0.1) is 5.69 Å². The lowest BCUT2D eigenvalue weighted by molar-refractivity contribution is 0.171. The van der Waals surface area contributed by atoms with Gasteiger partial charge in [0, 0.05) is 25.0 Å². The fourth-order valence-corrected chi connectivity index (χ4v) is 3.26. The summed E-state index contributed by atoms with van der Waals surface area (Å²) in [6.07, 6.45) is 1.65. The third kappa shape index (κ3) is 4.13. The first-order chi connectivity index (χ1) is 14.1. The van der Waals surface area contributed by atoms with Crippen molar-refractivity contribution in [1.29, 1.82) is 0 Å². The first kappa shape index (κ1) is 18.7. The van der Waals surface area contributed by atoms with Crippen LogP contribution >= 0.6 is 0 Å². The van der Waals surface area contributed by atoms with E-state index < -0.39 is 6.04 Å². The third-order valence-electron chi connectivity index (χ3n) is 4.63. The minimum Gasteiger partial charge on any atom is -0.486 e. The molecule has 0 fully saturated rings. The molecule has 1 aliphatic heterocycles. The van der Waals surface area contributed by atoms with Gasteiger partial charge in [0.1, 0.15) is 25.1 Å². The molecule has 3 aromatic rings. The molecule has 2 aromatic carbocycles. The molecule has 1 N–H and O–H groups in total. The van der Waals surface area contributed by atoms with Crippen LogP contribution in [-0.2, 0) is 0 Å². The lowest BCUT2D eigenvalue weighted by atomic mass is 10.0. The number of hydrogen-bond acceptors (Lipinski definition) is 4. The molecule has 2 heterocycles. The standard InChI is InChI=1S/C22H20FN3O3/c1-26(22(27)25-17-8-9-19-20(14-17)29-12-11-28-19)21(18-7-2-3-10-24-18)15-5-4-6-16(23)13-15/h2-10,13-14,21H,11-12H2,1H3,(H,25,27)/t21-/m0/s1. The second-order valence-electron chi connectivity index (χ2n) is 6.61. The molecule has 1 aromatic heterocycles. The smallest absolute Gasteiger partial charge is 0.322 e. The molecule has 4 rings (SSSR count). The van der Waals surface area contributed by atoms with Crippen LogP contribution < -0.4 is 14.8 Å². The summed E-state index contributed by atoms with van der Waals surface area (Å²) in [7, 11) is 1.65. The van der Waals surface area contributed by atoms with E-state index in [0.717, 1.165) is 0 Å². The number of amides is 2. The van der Waals surface area contributed by atoms with E-state index in [1.165, 1.54) is 17.0 Å². The molecule has 1 atom stereocenters. The number of fused-ring (bicyclic) bond motifs is 1. The van der Waals surface area contributed by atoms with E-state index in [1.54, 1.807) is 49.6 Å². The maximum absolute atomic E-state index is 13.8. The zero-order valence-corrected chi connectivity index (χ0v) is 15.8. The highest BCUT2D eigenvalue weighted by molar-refractivity contribution is 5.90. The van der Waals surface area contributed by atoms with Gasteiger partial charge in [-0.2, -0.15) is 0 Å². The largest absolute Gasteiger partial charge is 0.486 e. The average molecular weight is 393 g/mol. The second kappa shape index (κ2) is 8.18. The third-order valence-corrected chi connectivity index (χ3v) is 4.63. The summed E-state index contributed by atoms with van der Waals surface area (Å²) in [5.74, 6) is 0.862. The van der Waals surface area contributed by atoms with Gasteiger partial charge in [-0.1, -0.05) is 18.2 Å². The van der Waals surface area contributed by atoms with Crippen molar-refractivity contribution in [2.75, 3.05) is 25.6 Å². The Labute approximate surface area is 167 Å². The minimum atomic E-state index is -0.552. The highest BCUT2D eigenvalue weighted by Crippen LogP contribution is 2.33. The highest BCUT2D eigenvalue weighted by Gasteiger charge is 2.25. The summed E-state index contributed by atoms with van der Waals surface area (Å²) in [6, 6.07) is 15.9. The van der Waals surface area contributed by atoms with Gasteiger partial charge in [-0.05, 0) is 42.0 Å². The zero-order chi connectivity index (χ0) is 20.2. The predicted octanol–water partition coefficient (Wildman–Crippen LogP) is 4.25. The summed E-state index contributed by atoms with van der Waals surface area (Å²) >= 11 is 0. The number of ether oxygens (including phenoxy) is 2. The molecule has 0 aliphatic carbocycles. The fraction of sp³-hybridized carbons (Fsp3) is 0.182. The molecular formula is C22H20FN3O3. The van der Waals surface area contributed by atoms with E-state index in [1.807, 2.05) is 12.1 Å². The van der Waals surface area contributed by atoms with Gasteiger partial charge in [-0.15, -0.1) is 0 Å². The number of hydrogen-bond donors (Lipinski definition) is 1. The fourth-order valence-electron chi connectivity index (χ4n) is 3.26. The van der Waals surface area contributed by atoms with Crippen molar-refractivity contribution in [2.45, 2.75) is 6.04 Å². The van der Waals surface area contributed by atoms with Crippen LogP contribution in [0.4, 0.5) is 14.9 Å². The van der Waals surface area contributed by atoms with E-state index in [0.29, 0.717) is 41.7 Å². The molecule has 6 nitrogen and oxygen atoms in total. The van der Waals surface area contributed by atoms with E-state index in [2.05, 4.69) is 10.3 Å². The van der Waals surface area contributed by atoms with Crippen LogP contribution in [0.15, 0.2) is 66.9 Å². The van der Waals surface area contributed by atoms with Crippen LogP contribution in [0.2, 0.25) is 0 Å². The number of carbonyl (C=O) groups is 1. The number of rotatable bonds is 4. The van der Waals surface area contributed by atoms with Gasteiger partial charge in [-0.25, -0.2) is 9.18 Å². The van der Waals surface area contributed by atoms with E-state index in [4.69, 9.17) is 9.47 Å². The van der Waals surface area contributed by atoms with Crippen molar-refractivity contribution < 1.29 is 18.7 Å². The predicted molar refractivity (Wildman–Crippen MR) is 107 cm³/mol. The lowest BCUT2D eigenvalue weighted by Crippen LogP contribution is -2.36. The molecule has 0 radical (unpaired) electrons. The molecule has 7 heteroatoms. The number of aromatic nitrogens is 1. The van der Waals surface area contributed by atoms with Crippen molar-refractivity contribution in [3.05, 3.63) is 83.9 Å². The Morgan fingerprint density at radius 1 is 1.07 bits per heavy atom. The van der Waals surface area contributed by atoms with Crippen molar-refractivity contribution in [3.8, 4) is 11.5 Å². The first-order valence-corrected chi connectivity index (χ1v) is 9.21. The van der Waals surface area contributed by atoms with Crippen LogP contribution in [-0.4, -0.2) is 36.2 Å². The van der Waals surface area contributed by atoms with Gasteiger partial charge in [-0.3, -0.25) is 4.98 Å². The Bertz CT molecular complexity index is 1010. The van der Waals surface area contributed by atoms with E-state index in [-0.39, 0.29) is 11.8 Å². The number of benzene rings is 2. The Balaban J connectivity index is 1.60. The Morgan fingerprint density at radius 3 is 2.66 bits per heavy atom. The Morgan fingerprint density at radius 2 is 1.90 bits per heavy atom. The SMILES string of the molecule is CN(C(=O)Nc1ccc2c(c1)OCCO2)[C@@H](c1cccc(F)c1)c1ccccn1. The Kier molecular flexibility index (Phi) is 5.29. The molecule has 1 aliphatic rings. The second-order valence-corrected chi connectivity index (χ2v) is 6.61. The molecule has 0 spiro atoms. The first-order valence-electron chi connectivity index (χ1n) is 9.21. The summed E-state index contributed by atoms with van der Waals surface area (Å²) in [5, 5.41) is 2.86. The number of nitrogens with zero attached hydrogens (tertiary/aromatic N) is 2.